The van der Waals surface area contributed by atoms with Gasteiger partial charge in [0.15, 0.2) is 0 Å². The quantitative estimate of drug-likeness (QED) is 0.611. The van der Waals surface area contributed by atoms with Crippen LogP contribution in [0.4, 0.5) is 0 Å². The Balaban J connectivity index is 0.000000561. The Labute approximate surface area is 76.3 Å². The molecule has 3 nitrogen and oxygen atoms in total. The number of rotatable bonds is 2. The first kappa shape index (κ1) is 11.9. The number of nitrogens with zero attached hydrogens (tertiary/aromatic N) is 1. The molecule has 1 saturated heterocycles. The maximum atomic E-state index is 5.60. The molecular weight excluding hydrogens is 150 g/mol. The summed E-state index contributed by atoms with van der Waals surface area (Å²) in [4.78, 5) is 0. The molecule has 0 bridgehead atoms. The minimum atomic E-state index is 0.713. The summed E-state index contributed by atoms with van der Waals surface area (Å²) in [6.07, 6.45) is 2.40. The van der Waals surface area contributed by atoms with Gasteiger partial charge in [0.05, 0.1) is 0 Å². The molecule has 74 valence electrons. The molecular formula is C9H23N3. The van der Waals surface area contributed by atoms with E-state index >= 15 is 0 Å². The average molecular weight is 173 g/mol. The molecule has 0 unspecified atom stereocenters. The summed E-state index contributed by atoms with van der Waals surface area (Å²) in [5.41, 5.74) is 0. The Kier molecular flexibility index (Phi) is 7.45. The van der Waals surface area contributed by atoms with Gasteiger partial charge in [-0.05, 0) is 19.4 Å². The van der Waals surface area contributed by atoms with Crippen molar-refractivity contribution in [3.63, 3.8) is 0 Å². The van der Waals surface area contributed by atoms with Gasteiger partial charge in [0.25, 0.3) is 0 Å². The van der Waals surface area contributed by atoms with E-state index in [-0.39, 0.29) is 0 Å². The largest absolute Gasteiger partial charge is 0.314 e. The van der Waals surface area contributed by atoms with Crippen molar-refractivity contribution in [2.24, 2.45) is 5.84 Å². The maximum Gasteiger partial charge on any atom is 0.0143 e. The average Bonchev–Trinajstić information content (AvgIpc) is 2.13. The van der Waals surface area contributed by atoms with Crippen molar-refractivity contribution >= 4 is 0 Å². The van der Waals surface area contributed by atoms with E-state index in [9.17, 15) is 0 Å². The van der Waals surface area contributed by atoms with Crippen LogP contribution < -0.4 is 11.2 Å². The first-order chi connectivity index (χ1) is 5.83. The van der Waals surface area contributed by atoms with Crippen molar-refractivity contribution in [2.75, 3.05) is 19.6 Å². The van der Waals surface area contributed by atoms with E-state index in [4.69, 9.17) is 5.84 Å². The Morgan fingerprint density at radius 1 is 1.33 bits per heavy atom. The van der Waals surface area contributed by atoms with E-state index in [1.54, 1.807) is 0 Å². The van der Waals surface area contributed by atoms with Gasteiger partial charge >= 0.3 is 0 Å². The smallest absolute Gasteiger partial charge is 0.0143 e. The van der Waals surface area contributed by atoms with Gasteiger partial charge < -0.3 is 5.32 Å². The summed E-state index contributed by atoms with van der Waals surface area (Å²) in [7, 11) is 0. The second kappa shape index (κ2) is 7.53. The molecule has 0 saturated carbocycles. The van der Waals surface area contributed by atoms with Crippen LogP contribution in [0.3, 0.4) is 0 Å². The molecule has 0 atom stereocenters. The lowest BCUT2D eigenvalue weighted by molar-refractivity contribution is 0.203. The van der Waals surface area contributed by atoms with E-state index in [0.717, 1.165) is 19.6 Å². The Bertz CT molecular complexity index is 87.8. The van der Waals surface area contributed by atoms with Crippen LogP contribution in [0.5, 0.6) is 0 Å². The van der Waals surface area contributed by atoms with Gasteiger partial charge in [-0.3, -0.25) is 5.84 Å². The molecule has 1 heterocycles. The summed E-state index contributed by atoms with van der Waals surface area (Å²) < 4.78 is 0. The van der Waals surface area contributed by atoms with E-state index < -0.39 is 0 Å². The van der Waals surface area contributed by atoms with E-state index in [1.165, 1.54) is 12.8 Å². The Morgan fingerprint density at radius 2 is 1.83 bits per heavy atom. The standard InChI is InChI=1S/C7H17N3.C2H6/c1-2-9-7-3-5-10(8)6-4-7;1-2/h7,9H,2-6,8H2,1H3;1-2H3. The molecule has 0 radical (unpaired) electrons. The van der Waals surface area contributed by atoms with Crippen LogP contribution in [-0.2, 0) is 0 Å². The minimum Gasteiger partial charge on any atom is -0.314 e. The molecule has 3 N–H and O–H groups in total. The van der Waals surface area contributed by atoms with E-state index in [2.05, 4.69) is 12.2 Å². The zero-order chi connectivity index (χ0) is 9.40. The molecule has 12 heavy (non-hydrogen) atoms. The highest BCUT2D eigenvalue weighted by atomic mass is 15.4. The normalized spacial score (nSPS) is 20.0. The summed E-state index contributed by atoms with van der Waals surface area (Å²) in [5.74, 6) is 5.60. The fourth-order valence-corrected chi connectivity index (χ4v) is 1.39. The van der Waals surface area contributed by atoms with Gasteiger partial charge in [0, 0.05) is 19.1 Å². The van der Waals surface area contributed by atoms with Gasteiger partial charge in [-0.25, -0.2) is 5.01 Å². The zero-order valence-electron chi connectivity index (χ0n) is 8.64. The highest BCUT2D eigenvalue weighted by molar-refractivity contribution is 4.73. The lowest BCUT2D eigenvalue weighted by atomic mass is 10.1. The number of hydrazine groups is 1. The van der Waals surface area contributed by atoms with Crippen molar-refractivity contribution in [3.8, 4) is 0 Å². The van der Waals surface area contributed by atoms with Crippen LogP contribution in [0.15, 0.2) is 0 Å². The summed E-state index contributed by atoms with van der Waals surface area (Å²) in [5, 5.41) is 5.32. The number of hydrogen-bond acceptors (Lipinski definition) is 3. The fraction of sp³-hybridized carbons (Fsp3) is 1.00. The topological polar surface area (TPSA) is 41.3 Å². The molecule has 0 aromatic carbocycles. The van der Waals surface area contributed by atoms with Crippen LogP contribution in [0.25, 0.3) is 0 Å². The zero-order valence-corrected chi connectivity index (χ0v) is 8.64. The monoisotopic (exact) mass is 173 g/mol. The number of nitrogens with one attached hydrogen (secondary N) is 1. The minimum absolute atomic E-state index is 0.713. The third-order valence-corrected chi connectivity index (χ3v) is 2.02. The summed E-state index contributed by atoms with van der Waals surface area (Å²) >= 11 is 0. The predicted molar refractivity (Wildman–Crippen MR) is 53.8 cm³/mol. The number of hydrogen-bond donors (Lipinski definition) is 2. The van der Waals surface area contributed by atoms with Gasteiger partial charge in [0.2, 0.25) is 0 Å². The third-order valence-electron chi connectivity index (χ3n) is 2.02. The molecule has 1 fully saturated rings. The molecule has 0 spiro atoms. The van der Waals surface area contributed by atoms with Crippen molar-refractivity contribution in [2.45, 2.75) is 39.7 Å². The van der Waals surface area contributed by atoms with E-state index in [0.29, 0.717) is 6.04 Å². The van der Waals surface area contributed by atoms with Gasteiger partial charge in [-0.15, -0.1) is 0 Å². The van der Waals surface area contributed by atoms with Crippen LogP contribution in [0.1, 0.15) is 33.6 Å². The Morgan fingerprint density at radius 3 is 2.25 bits per heavy atom. The molecule has 1 aliphatic heterocycles. The molecule has 3 heteroatoms. The molecule has 0 aromatic rings. The van der Waals surface area contributed by atoms with Crippen LogP contribution >= 0.6 is 0 Å². The second-order valence-corrected chi connectivity index (χ2v) is 2.87. The van der Waals surface area contributed by atoms with Gasteiger partial charge in [-0.1, -0.05) is 20.8 Å². The maximum absolute atomic E-state index is 5.60. The molecule has 0 aromatic heterocycles. The van der Waals surface area contributed by atoms with Crippen LogP contribution in [0, 0.1) is 0 Å². The SMILES string of the molecule is CC.CCNC1CCN(N)CC1. The Hall–Kier alpha value is -0.120. The lowest BCUT2D eigenvalue weighted by Crippen LogP contribution is -2.45. The van der Waals surface area contributed by atoms with Crippen molar-refractivity contribution in [1.29, 1.82) is 0 Å². The van der Waals surface area contributed by atoms with Gasteiger partial charge in [0.1, 0.15) is 0 Å². The van der Waals surface area contributed by atoms with Crippen LogP contribution in [-0.4, -0.2) is 30.7 Å². The molecule has 1 rings (SSSR count). The number of nitrogens with two attached hydrogens (primary N) is 1. The first-order valence-electron chi connectivity index (χ1n) is 5.06. The molecule has 1 aliphatic rings. The van der Waals surface area contributed by atoms with E-state index in [1.807, 2.05) is 18.9 Å². The van der Waals surface area contributed by atoms with Gasteiger partial charge in [-0.2, -0.15) is 0 Å². The van der Waals surface area contributed by atoms with Crippen LogP contribution in [0.2, 0.25) is 0 Å². The second-order valence-electron chi connectivity index (χ2n) is 2.87. The lowest BCUT2D eigenvalue weighted by Gasteiger charge is -2.28. The summed E-state index contributed by atoms with van der Waals surface area (Å²) in [6.45, 7) is 9.30. The number of piperidine rings is 1. The highest BCUT2D eigenvalue weighted by Crippen LogP contribution is 2.05. The summed E-state index contributed by atoms with van der Waals surface area (Å²) in [6, 6.07) is 0.713. The highest BCUT2D eigenvalue weighted by Gasteiger charge is 2.14. The molecule has 0 aliphatic carbocycles. The van der Waals surface area contributed by atoms with Crippen molar-refractivity contribution in [3.05, 3.63) is 0 Å². The molecule has 0 amide bonds. The van der Waals surface area contributed by atoms with Crippen molar-refractivity contribution in [1.82, 2.24) is 10.3 Å². The predicted octanol–water partition coefficient (Wildman–Crippen LogP) is 0.960. The third kappa shape index (κ3) is 4.70. The first-order valence-corrected chi connectivity index (χ1v) is 5.06. The van der Waals surface area contributed by atoms with Crippen molar-refractivity contribution < 1.29 is 0 Å². The fourth-order valence-electron chi connectivity index (χ4n) is 1.39.